The highest BCUT2D eigenvalue weighted by atomic mass is 16.6. The van der Waals surface area contributed by atoms with E-state index in [0.717, 1.165) is 24.1 Å². The zero-order valence-corrected chi connectivity index (χ0v) is 11.1. The average Bonchev–Trinajstić information content (AvgIpc) is 2.59. The number of aryl methyl sites for hydroxylation is 1. The summed E-state index contributed by atoms with van der Waals surface area (Å²) in [5.41, 5.74) is 8.50. The third-order valence-corrected chi connectivity index (χ3v) is 2.97. The Morgan fingerprint density at radius 2 is 2.17 bits per heavy atom. The van der Waals surface area contributed by atoms with E-state index in [9.17, 15) is 4.79 Å². The van der Waals surface area contributed by atoms with Gasteiger partial charge in [-0.1, -0.05) is 12.1 Å². The van der Waals surface area contributed by atoms with Crippen molar-refractivity contribution < 1.29 is 9.53 Å². The van der Waals surface area contributed by atoms with E-state index in [1.165, 1.54) is 5.56 Å². The Hall–Kier alpha value is -1.71. The molecule has 1 aliphatic carbocycles. The molecule has 0 heterocycles. The maximum absolute atomic E-state index is 11.8. The van der Waals surface area contributed by atoms with Crippen LogP contribution in [0.1, 0.15) is 44.4 Å². The van der Waals surface area contributed by atoms with Gasteiger partial charge in [-0.25, -0.2) is 4.79 Å². The molecule has 2 rings (SSSR count). The van der Waals surface area contributed by atoms with Crippen LogP contribution in [0.15, 0.2) is 18.2 Å². The largest absolute Gasteiger partial charge is 0.444 e. The van der Waals surface area contributed by atoms with Crippen molar-refractivity contribution in [3.05, 3.63) is 29.3 Å². The minimum atomic E-state index is -0.478. The van der Waals surface area contributed by atoms with Gasteiger partial charge in [-0.05, 0) is 45.2 Å². The number of ether oxygens (including phenoxy) is 1. The molecule has 4 heteroatoms. The van der Waals surface area contributed by atoms with Crippen LogP contribution in [0, 0.1) is 0 Å². The van der Waals surface area contributed by atoms with Crippen LogP contribution in [0.5, 0.6) is 0 Å². The lowest BCUT2D eigenvalue weighted by atomic mass is 10.1. The van der Waals surface area contributed by atoms with Gasteiger partial charge in [0.15, 0.2) is 0 Å². The maximum Gasteiger partial charge on any atom is 0.408 e. The van der Waals surface area contributed by atoms with E-state index in [0.29, 0.717) is 0 Å². The predicted octanol–water partition coefficient (Wildman–Crippen LogP) is 2.78. The number of hydrogen-bond donors (Lipinski definition) is 2. The number of nitrogen functional groups attached to an aromatic ring is 1. The van der Waals surface area contributed by atoms with E-state index >= 15 is 0 Å². The molecule has 0 fully saturated rings. The van der Waals surface area contributed by atoms with Crippen LogP contribution in [0.4, 0.5) is 10.5 Å². The Kier molecular flexibility index (Phi) is 3.20. The van der Waals surface area contributed by atoms with Crippen molar-refractivity contribution in [1.82, 2.24) is 5.32 Å². The number of amides is 1. The Labute approximate surface area is 108 Å². The molecule has 18 heavy (non-hydrogen) atoms. The van der Waals surface area contributed by atoms with Crippen molar-refractivity contribution in [2.75, 3.05) is 5.73 Å². The van der Waals surface area contributed by atoms with Gasteiger partial charge in [0.1, 0.15) is 5.60 Å². The molecule has 0 saturated heterocycles. The Morgan fingerprint density at radius 3 is 2.83 bits per heavy atom. The molecule has 0 saturated carbocycles. The van der Waals surface area contributed by atoms with Gasteiger partial charge in [0, 0.05) is 11.3 Å². The Morgan fingerprint density at radius 1 is 1.44 bits per heavy atom. The monoisotopic (exact) mass is 248 g/mol. The van der Waals surface area contributed by atoms with Crippen LogP contribution in [0.25, 0.3) is 0 Å². The molecular weight excluding hydrogens is 228 g/mol. The van der Waals surface area contributed by atoms with E-state index < -0.39 is 5.60 Å². The van der Waals surface area contributed by atoms with Gasteiger partial charge in [0.2, 0.25) is 0 Å². The fourth-order valence-corrected chi connectivity index (χ4v) is 2.31. The highest BCUT2D eigenvalue weighted by Crippen LogP contribution is 2.35. The molecular formula is C14H20N2O2. The second-order valence-electron chi connectivity index (χ2n) is 5.66. The molecule has 1 unspecified atom stereocenters. The van der Waals surface area contributed by atoms with Crippen molar-refractivity contribution in [2.45, 2.75) is 45.3 Å². The normalized spacial score (nSPS) is 18.3. The number of nitrogens with one attached hydrogen (secondary N) is 1. The van der Waals surface area contributed by atoms with Crippen LogP contribution >= 0.6 is 0 Å². The molecule has 1 aromatic rings. The van der Waals surface area contributed by atoms with Gasteiger partial charge in [0.25, 0.3) is 0 Å². The first kappa shape index (κ1) is 12.7. The second kappa shape index (κ2) is 4.52. The summed E-state index contributed by atoms with van der Waals surface area (Å²) in [5.74, 6) is 0. The number of hydrogen-bond acceptors (Lipinski definition) is 3. The summed E-state index contributed by atoms with van der Waals surface area (Å²) in [7, 11) is 0. The number of carbonyl (C=O) groups excluding carboxylic acids is 1. The van der Waals surface area contributed by atoms with Gasteiger partial charge in [0.05, 0.1) is 6.04 Å². The van der Waals surface area contributed by atoms with Crippen molar-refractivity contribution in [3.63, 3.8) is 0 Å². The molecule has 1 amide bonds. The lowest BCUT2D eigenvalue weighted by Gasteiger charge is -2.22. The molecule has 98 valence electrons. The van der Waals surface area contributed by atoms with E-state index in [1.54, 1.807) is 0 Å². The molecule has 3 N–H and O–H groups in total. The molecule has 1 aromatic carbocycles. The van der Waals surface area contributed by atoms with Crippen molar-refractivity contribution >= 4 is 11.8 Å². The summed E-state index contributed by atoms with van der Waals surface area (Å²) in [6.45, 7) is 5.55. The number of carbonyl (C=O) groups is 1. The quantitative estimate of drug-likeness (QED) is 0.751. The average molecular weight is 248 g/mol. The maximum atomic E-state index is 11.8. The molecule has 1 atom stereocenters. The van der Waals surface area contributed by atoms with Gasteiger partial charge < -0.3 is 15.8 Å². The third kappa shape index (κ3) is 2.75. The summed E-state index contributed by atoms with van der Waals surface area (Å²) in [6, 6.07) is 5.84. The first-order chi connectivity index (χ1) is 8.37. The molecule has 0 aromatic heterocycles. The molecule has 1 aliphatic rings. The molecule has 0 aliphatic heterocycles. The van der Waals surface area contributed by atoms with Crippen molar-refractivity contribution in [3.8, 4) is 0 Å². The van der Waals surface area contributed by atoms with Gasteiger partial charge in [-0.3, -0.25) is 0 Å². The smallest absolute Gasteiger partial charge is 0.408 e. The number of alkyl carbamates (subject to hydrolysis) is 1. The topological polar surface area (TPSA) is 64.3 Å². The standard InChI is InChI=1S/C14H20N2O2/c1-14(2,3)18-13(17)16-11-8-7-9-5-4-6-10(15)12(9)11/h4-6,11H,7-8,15H2,1-3H3,(H,16,17). The number of nitrogens with two attached hydrogens (primary N) is 1. The minimum absolute atomic E-state index is 0.0314. The summed E-state index contributed by atoms with van der Waals surface area (Å²) in [6.07, 6.45) is 1.44. The predicted molar refractivity (Wildman–Crippen MR) is 71.3 cm³/mol. The number of fused-ring (bicyclic) bond motifs is 1. The summed E-state index contributed by atoms with van der Waals surface area (Å²) in [4.78, 5) is 11.8. The van der Waals surface area contributed by atoms with Gasteiger partial charge in [-0.2, -0.15) is 0 Å². The minimum Gasteiger partial charge on any atom is -0.444 e. The van der Waals surface area contributed by atoms with Gasteiger partial charge >= 0.3 is 6.09 Å². The summed E-state index contributed by atoms with van der Waals surface area (Å²) in [5, 5.41) is 2.89. The van der Waals surface area contributed by atoms with Crippen molar-refractivity contribution in [1.29, 1.82) is 0 Å². The SMILES string of the molecule is CC(C)(C)OC(=O)NC1CCc2cccc(N)c21. The summed E-state index contributed by atoms with van der Waals surface area (Å²) < 4.78 is 5.26. The zero-order valence-electron chi connectivity index (χ0n) is 11.1. The molecule has 0 spiro atoms. The van der Waals surface area contributed by atoms with Crippen molar-refractivity contribution in [2.24, 2.45) is 0 Å². The van der Waals surface area contributed by atoms with Crippen LogP contribution in [-0.4, -0.2) is 11.7 Å². The van der Waals surface area contributed by atoms with E-state index in [1.807, 2.05) is 32.9 Å². The van der Waals surface area contributed by atoms with Crippen LogP contribution in [-0.2, 0) is 11.2 Å². The number of rotatable bonds is 1. The Balaban J connectivity index is 2.08. The molecule has 4 nitrogen and oxygen atoms in total. The highest BCUT2D eigenvalue weighted by Gasteiger charge is 2.27. The lowest BCUT2D eigenvalue weighted by Crippen LogP contribution is -2.34. The van der Waals surface area contributed by atoms with Crippen LogP contribution < -0.4 is 11.1 Å². The van der Waals surface area contributed by atoms with E-state index in [2.05, 4.69) is 11.4 Å². The number of anilines is 1. The lowest BCUT2D eigenvalue weighted by molar-refractivity contribution is 0.0504. The molecule has 0 radical (unpaired) electrons. The van der Waals surface area contributed by atoms with Crippen LogP contribution in [0.2, 0.25) is 0 Å². The highest BCUT2D eigenvalue weighted by molar-refractivity contribution is 5.70. The fraction of sp³-hybridized carbons (Fsp3) is 0.500. The fourth-order valence-electron chi connectivity index (χ4n) is 2.31. The third-order valence-electron chi connectivity index (χ3n) is 2.97. The van der Waals surface area contributed by atoms with E-state index in [4.69, 9.17) is 10.5 Å². The zero-order chi connectivity index (χ0) is 13.3. The summed E-state index contributed by atoms with van der Waals surface area (Å²) >= 11 is 0. The van der Waals surface area contributed by atoms with Gasteiger partial charge in [-0.15, -0.1) is 0 Å². The van der Waals surface area contributed by atoms with E-state index in [-0.39, 0.29) is 12.1 Å². The first-order valence-electron chi connectivity index (χ1n) is 6.23. The van der Waals surface area contributed by atoms with Crippen LogP contribution in [0.3, 0.4) is 0 Å². The second-order valence-corrected chi connectivity index (χ2v) is 5.66. The molecule has 0 bridgehead atoms. The Bertz CT molecular complexity index is 463. The first-order valence-corrected chi connectivity index (χ1v) is 6.23. The number of benzene rings is 1.